The average molecular weight is 364 g/mol. The van der Waals surface area contributed by atoms with E-state index in [4.69, 9.17) is 9.47 Å². The summed E-state index contributed by atoms with van der Waals surface area (Å²) in [7, 11) is 0. The molecular weight excluding hydrogens is 344 g/mol. The van der Waals surface area contributed by atoms with Crippen molar-refractivity contribution in [2.45, 2.75) is 25.4 Å². The predicted molar refractivity (Wildman–Crippen MR) is 97.8 cm³/mol. The number of rotatable bonds is 2. The topological polar surface area (TPSA) is 59.1 Å². The van der Waals surface area contributed by atoms with E-state index >= 15 is 0 Å². The predicted octanol–water partition coefficient (Wildman–Crippen LogP) is 2.68. The molecule has 0 unspecified atom stereocenters. The van der Waals surface area contributed by atoms with E-state index in [9.17, 15) is 9.59 Å². The Kier molecular flexibility index (Phi) is 3.77. The third-order valence-electron chi connectivity index (χ3n) is 5.66. The summed E-state index contributed by atoms with van der Waals surface area (Å²) in [5.74, 6) is 1.42. The summed E-state index contributed by atoms with van der Waals surface area (Å²) < 4.78 is 10.7. The van der Waals surface area contributed by atoms with E-state index < -0.39 is 0 Å². The molecule has 0 aromatic heterocycles. The number of ether oxygens (including phenoxy) is 2. The van der Waals surface area contributed by atoms with Gasteiger partial charge in [-0.15, -0.1) is 0 Å². The molecule has 27 heavy (non-hydrogen) atoms. The number of hydrogen-bond donors (Lipinski definition) is 0. The molecule has 6 nitrogen and oxygen atoms in total. The molecule has 3 heterocycles. The zero-order chi connectivity index (χ0) is 18.4. The van der Waals surface area contributed by atoms with E-state index in [1.807, 2.05) is 34.1 Å². The fraction of sp³-hybridized carbons (Fsp3) is 0.333. The lowest BCUT2D eigenvalue weighted by Gasteiger charge is -2.36. The number of benzene rings is 2. The first kappa shape index (κ1) is 16.2. The van der Waals surface area contributed by atoms with Crippen molar-refractivity contribution in [3.63, 3.8) is 0 Å². The van der Waals surface area contributed by atoms with E-state index in [2.05, 4.69) is 0 Å². The van der Waals surface area contributed by atoms with Crippen LogP contribution in [0.15, 0.2) is 42.5 Å². The van der Waals surface area contributed by atoms with Crippen molar-refractivity contribution in [3.8, 4) is 11.5 Å². The summed E-state index contributed by atoms with van der Waals surface area (Å²) in [5.41, 5.74) is 2.53. The number of nitrogens with zero attached hydrogens (tertiary/aromatic N) is 2. The minimum absolute atomic E-state index is 0.00258. The van der Waals surface area contributed by atoms with Crippen molar-refractivity contribution >= 4 is 11.8 Å². The average Bonchev–Trinajstić information content (AvgIpc) is 3.32. The number of amides is 2. The molecule has 0 radical (unpaired) electrons. The van der Waals surface area contributed by atoms with Crippen molar-refractivity contribution < 1.29 is 19.1 Å². The Balaban J connectivity index is 1.24. The van der Waals surface area contributed by atoms with Gasteiger partial charge in [0.25, 0.3) is 11.8 Å². The van der Waals surface area contributed by atoms with Crippen LogP contribution in [0, 0.1) is 0 Å². The van der Waals surface area contributed by atoms with Crippen LogP contribution < -0.4 is 9.47 Å². The molecule has 0 bridgehead atoms. The third kappa shape index (κ3) is 2.72. The third-order valence-corrected chi connectivity index (χ3v) is 5.66. The fourth-order valence-electron chi connectivity index (χ4n) is 4.16. The van der Waals surface area contributed by atoms with Gasteiger partial charge in [0.15, 0.2) is 11.5 Å². The Labute approximate surface area is 157 Å². The smallest absolute Gasteiger partial charge is 0.254 e. The molecule has 5 rings (SSSR count). The zero-order valence-electron chi connectivity index (χ0n) is 14.9. The zero-order valence-corrected chi connectivity index (χ0v) is 14.9. The Morgan fingerprint density at radius 1 is 1.00 bits per heavy atom. The lowest BCUT2D eigenvalue weighted by Crippen LogP contribution is -2.46. The standard InChI is InChI=1S/C21H20N2O4/c24-20(14-5-6-18-19(11-14)27-13-26-18)22-9-7-16(8-10-22)23-12-15-3-1-2-4-17(15)21(23)25/h1-6,11,16H,7-10,12-13H2. The first-order valence-electron chi connectivity index (χ1n) is 9.28. The molecule has 138 valence electrons. The van der Waals surface area contributed by atoms with E-state index in [-0.39, 0.29) is 24.6 Å². The molecule has 1 fully saturated rings. The minimum Gasteiger partial charge on any atom is -0.454 e. The molecule has 0 aliphatic carbocycles. The van der Waals surface area contributed by atoms with Crippen LogP contribution in [0.2, 0.25) is 0 Å². The van der Waals surface area contributed by atoms with E-state index in [1.54, 1.807) is 18.2 Å². The van der Waals surface area contributed by atoms with Gasteiger partial charge in [0.05, 0.1) is 0 Å². The van der Waals surface area contributed by atoms with Crippen LogP contribution in [-0.2, 0) is 6.54 Å². The molecule has 2 aromatic carbocycles. The van der Waals surface area contributed by atoms with E-state index in [0.717, 1.165) is 24.0 Å². The molecular formula is C21H20N2O4. The van der Waals surface area contributed by atoms with Gasteiger partial charge in [-0.2, -0.15) is 0 Å². The van der Waals surface area contributed by atoms with Crippen LogP contribution in [0.3, 0.4) is 0 Å². The molecule has 3 aliphatic rings. The summed E-state index contributed by atoms with van der Waals surface area (Å²) in [6, 6.07) is 13.3. The maximum Gasteiger partial charge on any atom is 0.254 e. The van der Waals surface area contributed by atoms with Gasteiger partial charge in [-0.25, -0.2) is 0 Å². The Morgan fingerprint density at radius 2 is 1.78 bits per heavy atom. The van der Waals surface area contributed by atoms with Gasteiger partial charge in [0.2, 0.25) is 6.79 Å². The maximum atomic E-state index is 12.8. The van der Waals surface area contributed by atoms with Crippen molar-refractivity contribution in [2.24, 2.45) is 0 Å². The highest BCUT2D eigenvalue weighted by molar-refractivity contribution is 5.98. The van der Waals surface area contributed by atoms with Crippen LogP contribution in [-0.4, -0.2) is 47.5 Å². The number of piperidine rings is 1. The molecule has 2 aromatic rings. The first-order chi connectivity index (χ1) is 13.2. The Hall–Kier alpha value is -3.02. The van der Waals surface area contributed by atoms with Gasteiger partial charge < -0.3 is 19.3 Å². The fourth-order valence-corrected chi connectivity index (χ4v) is 4.16. The number of carbonyl (C=O) groups excluding carboxylic acids is 2. The maximum absolute atomic E-state index is 12.8. The number of likely N-dealkylation sites (tertiary alicyclic amines) is 1. The largest absolute Gasteiger partial charge is 0.454 e. The quantitative estimate of drug-likeness (QED) is 0.822. The Bertz CT molecular complexity index is 918. The lowest BCUT2D eigenvalue weighted by atomic mass is 10.0. The molecule has 6 heteroatoms. The van der Waals surface area contributed by atoms with E-state index in [0.29, 0.717) is 36.7 Å². The molecule has 3 aliphatic heterocycles. The first-order valence-corrected chi connectivity index (χ1v) is 9.28. The highest BCUT2D eigenvalue weighted by Gasteiger charge is 2.35. The van der Waals surface area contributed by atoms with Crippen molar-refractivity contribution in [1.82, 2.24) is 9.80 Å². The van der Waals surface area contributed by atoms with Gasteiger partial charge in [0.1, 0.15) is 0 Å². The molecule has 0 spiro atoms. The van der Waals surface area contributed by atoms with Crippen molar-refractivity contribution in [3.05, 3.63) is 59.2 Å². The summed E-state index contributed by atoms with van der Waals surface area (Å²) >= 11 is 0. The Morgan fingerprint density at radius 3 is 2.59 bits per heavy atom. The normalized spacial score (nSPS) is 18.7. The number of carbonyl (C=O) groups is 2. The summed E-state index contributed by atoms with van der Waals surface area (Å²) in [6.07, 6.45) is 1.60. The molecule has 0 atom stereocenters. The summed E-state index contributed by atoms with van der Waals surface area (Å²) in [4.78, 5) is 29.3. The van der Waals surface area contributed by atoms with Gasteiger partial charge in [-0.1, -0.05) is 18.2 Å². The molecule has 0 N–H and O–H groups in total. The van der Waals surface area contributed by atoms with Gasteiger partial charge >= 0.3 is 0 Å². The van der Waals surface area contributed by atoms with E-state index in [1.165, 1.54) is 0 Å². The lowest BCUT2D eigenvalue weighted by molar-refractivity contribution is 0.0535. The number of fused-ring (bicyclic) bond motifs is 2. The van der Waals surface area contributed by atoms with Crippen molar-refractivity contribution in [1.29, 1.82) is 0 Å². The molecule has 0 saturated carbocycles. The van der Waals surface area contributed by atoms with Gasteiger partial charge in [-0.3, -0.25) is 9.59 Å². The summed E-state index contributed by atoms with van der Waals surface area (Å²) in [5, 5.41) is 0. The van der Waals surface area contributed by atoms with Crippen LogP contribution in [0.25, 0.3) is 0 Å². The van der Waals surface area contributed by atoms with Crippen molar-refractivity contribution in [2.75, 3.05) is 19.9 Å². The SMILES string of the molecule is O=C(c1ccc2c(c1)OCO2)N1CCC(N2Cc3ccccc3C2=O)CC1. The van der Waals surface area contributed by atoms with Crippen LogP contribution in [0.5, 0.6) is 11.5 Å². The minimum atomic E-state index is 0.00258. The summed E-state index contributed by atoms with van der Waals surface area (Å²) in [6.45, 7) is 2.18. The van der Waals surface area contributed by atoms with Gasteiger partial charge in [0, 0.05) is 36.8 Å². The highest BCUT2D eigenvalue weighted by atomic mass is 16.7. The highest BCUT2D eigenvalue weighted by Crippen LogP contribution is 2.33. The number of hydrogen-bond acceptors (Lipinski definition) is 4. The second-order valence-electron chi connectivity index (χ2n) is 7.18. The monoisotopic (exact) mass is 364 g/mol. The molecule has 2 amide bonds. The van der Waals surface area contributed by atoms with Gasteiger partial charge in [-0.05, 0) is 42.7 Å². The van der Waals surface area contributed by atoms with Crippen LogP contribution in [0.4, 0.5) is 0 Å². The molecule has 1 saturated heterocycles. The van der Waals surface area contributed by atoms with Crippen LogP contribution >= 0.6 is 0 Å². The second-order valence-corrected chi connectivity index (χ2v) is 7.18. The second kappa shape index (κ2) is 6.30. The van der Waals surface area contributed by atoms with Crippen LogP contribution in [0.1, 0.15) is 39.1 Å².